The Kier molecular flexibility index (Phi) is 4.11. The largest absolute Gasteiger partial charge is 0.382 e. The molecule has 1 heterocycles. The zero-order valence-electron chi connectivity index (χ0n) is 9.80. The van der Waals surface area contributed by atoms with Gasteiger partial charge < -0.3 is 4.74 Å². The fourth-order valence-corrected chi connectivity index (χ4v) is 2.11. The Hall–Kier alpha value is -0.950. The number of hydrogen-bond donors (Lipinski definition) is 0. The Morgan fingerprint density at radius 2 is 2.29 bits per heavy atom. The summed E-state index contributed by atoms with van der Waals surface area (Å²) in [4.78, 5) is 4.32. The second-order valence-corrected chi connectivity index (χ2v) is 5.11. The molecule has 17 heavy (non-hydrogen) atoms. The van der Waals surface area contributed by atoms with E-state index < -0.39 is 0 Å². The molecule has 0 N–H and O–H groups in total. The lowest BCUT2D eigenvalue weighted by Gasteiger charge is -2.08. The van der Waals surface area contributed by atoms with E-state index >= 15 is 0 Å². The molecule has 1 atom stereocenters. The highest BCUT2D eigenvalue weighted by Crippen LogP contribution is 2.18. The standard InChI is InChI=1S/C12H14IN3O/c1-9(7-17-2)16-8-14-12(15-16)10-4-3-5-11(13)6-10/h3-6,8-9H,7H2,1-2H3. The van der Waals surface area contributed by atoms with E-state index in [2.05, 4.69) is 51.7 Å². The molecule has 90 valence electrons. The number of benzene rings is 1. The van der Waals surface area contributed by atoms with Gasteiger partial charge in [-0.15, -0.1) is 0 Å². The third-order valence-corrected chi connectivity index (χ3v) is 3.12. The van der Waals surface area contributed by atoms with E-state index in [1.165, 1.54) is 3.57 Å². The molecule has 0 aliphatic rings. The summed E-state index contributed by atoms with van der Waals surface area (Å²) in [6.07, 6.45) is 1.75. The zero-order valence-corrected chi connectivity index (χ0v) is 12.0. The highest BCUT2D eigenvalue weighted by atomic mass is 127. The van der Waals surface area contributed by atoms with Crippen molar-refractivity contribution < 1.29 is 4.74 Å². The van der Waals surface area contributed by atoms with Crippen LogP contribution >= 0.6 is 22.6 Å². The SMILES string of the molecule is COCC(C)n1cnc(-c2cccc(I)c2)n1. The number of ether oxygens (including phenoxy) is 1. The van der Waals surface area contributed by atoms with Gasteiger partial charge in [0.05, 0.1) is 12.6 Å². The molecule has 0 bridgehead atoms. The minimum atomic E-state index is 0.198. The average molecular weight is 343 g/mol. The Labute approximate surface area is 114 Å². The van der Waals surface area contributed by atoms with Gasteiger partial charge in [-0.2, -0.15) is 5.10 Å². The predicted octanol–water partition coefficient (Wildman–Crippen LogP) is 2.76. The van der Waals surface area contributed by atoms with Gasteiger partial charge in [0.1, 0.15) is 6.33 Å². The first-order chi connectivity index (χ1) is 8.20. The summed E-state index contributed by atoms with van der Waals surface area (Å²) < 4.78 is 8.12. The van der Waals surface area contributed by atoms with Crippen molar-refractivity contribution in [2.45, 2.75) is 13.0 Å². The van der Waals surface area contributed by atoms with Crippen molar-refractivity contribution in [1.82, 2.24) is 14.8 Å². The molecule has 0 radical (unpaired) electrons. The summed E-state index contributed by atoms with van der Waals surface area (Å²) in [7, 11) is 1.69. The van der Waals surface area contributed by atoms with E-state index in [1.807, 2.05) is 16.8 Å². The maximum atomic E-state index is 5.10. The van der Waals surface area contributed by atoms with Gasteiger partial charge in [-0.1, -0.05) is 12.1 Å². The van der Waals surface area contributed by atoms with E-state index in [4.69, 9.17) is 4.74 Å². The van der Waals surface area contributed by atoms with Crippen LogP contribution in [0.5, 0.6) is 0 Å². The van der Waals surface area contributed by atoms with Crippen molar-refractivity contribution in [1.29, 1.82) is 0 Å². The first-order valence-corrected chi connectivity index (χ1v) is 6.44. The third kappa shape index (κ3) is 3.04. The molecule has 5 heteroatoms. The molecule has 2 rings (SSSR count). The molecule has 0 amide bonds. The predicted molar refractivity (Wildman–Crippen MR) is 74.8 cm³/mol. The van der Waals surface area contributed by atoms with Gasteiger partial charge in [0, 0.05) is 16.2 Å². The molecule has 1 unspecified atom stereocenters. The van der Waals surface area contributed by atoms with Crippen LogP contribution in [0.15, 0.2) is 30.6 Å². The molecule has 0 spiro atoms. The summed E-state index contributed by atoms with van der Waals surface area (Å²) in [5.74, 6) is 0.756. The van der Waals surface area contributed by atoms with Crippen molar-refractivity contribution >= 4 is 22.6 Å². The van der Waals surface area contributed by atoms with E-state index in [0.29, 0.717) is 6.61 Å². The van der Waals surface area contributed by atoms with Crippen molar-refractivity contribution in [3.8, 4) is 11.4 Å². The smallest absolute Gasteiger partial charge is 0.181 e. The second kappa shape index (κ2) is 5.59. The Balaban J connectivity index is 2.23. The molecule has 0 saturated carbocycles. The minimum Gasteiger partial charge on any atom is -0.382 e. The lowest BCUT2D eigenvalue weighted by atomic mass is 10.2. The topological polar surface area (TPSA) is 39.9 Å². The van der Waals surface area contributed by atoms with Gasteiger partial charge in [-0.05, 0) is 41.6 Å². The second-order valence-electron chi connectivity index (χ2n) is 3.86. The summed E-state index contributed by atoms with van der Waals surface area (Å²) >= 11 is 2.28. The fourth-order valence-electron chi connectivity index (χ4n) is 1.56. The van der Waals surface area contributed by atoms with Crippen LogP contribution < -0.4 is 0 Å². The van der Waals surface area contributed by atoms with E-state index in [1.54, 1.807) is 13.4 Å². The molecule has 4 nitrogen and oxygen atoms in total. The van der Waals surface area contributed by atoms with Gasteiger partial charge in [0.25, 0.3) is 0 Å². The monoisotopic (exact) mass is 343 g/mol. The molecular formula is C12H14IN3O. The van der Waals surface area contributed by atoms with Crippen molar-refractivity contribution in [2.24, 2.45) is 0 Å². The highest BCUT2D eigenvalue weighted by molar-refractivity contribution is 14.1. The number of methoxy groups -OCH3 is 1. The molecule has 0 aliphatic heterocycles. The van der Waals surface area contributed by atoms with Crippen LogP contribution in [-0.2, 0) is 4.74 Å². The van der Waals surface area contributed by atoms with Gasteiger partial charge in [0.15, 0.2) is 5.82 Å². The van der Waals surface area contributed by atoms with Gasteiger partial charge in [0.2, 0.25) is 0 Å². The molecule has 1 aromatic carbocycles. The fraction of sp³-hybridized carbons (Fsp3) is 0.333. The molecular weight excluding hydrogens is 329 g/mol. The zero-order chi connectivity index (χ0) is 12.3. The average Bonchev–Trinajstić information content (AvgIpc) is 2.78. The van der Waals surface area contributed by atoms with E-state index in [0.717, 1.165) is 11.4 Å². The first-order valence-electron chi connectivity index (χ1n) is 5.36. The first kappa shape index (κ1) is 12.5. The number of rotatable bonds is 4. The lowest BCUT2D eigenvalue weighted by Crippen LogP contribution is -2.11. The minimum absolute atomic E-state index is 0.198. The maximum absolute atomic E-state index is 5.10. The Morgan fingerprint density at radius 1 is 1.47 bits per heavy atom. The van der Waals surface area contributed by atoms with Crippen molar-refractivity contribution in [2.75, 3.05) is 13.7 Å². The van der Waals surface area contributed by atoms with Crippen LogP contribution in [-0.4, -0.2) is 28.5 Å². The lowest BCUT2D eigenvalue weighted by molar-refractivity contribution is 0.157. The Morgan fingerprint density at radius 3 is 3.00 bits per heavy atom. The third-order valence-electron chi connectivity index (χ3n) is 2.45. The van der Waals surface area contributed by atoms with Crippen LogP contribution in [0.25, 0.3) is 11.4 Å². The highest BCUT2D eigenvalue weighted by Gasteiger charge is 2.09. The van der Waals surface area contributed by atoms with Crippen LogP contribution in [0.2, 0.25) is 0 Å². The Bertz CT molecular complexity index is 498. The summed E-state index contributed by atoms with van der Waals surface area (Å²) in [5.41, 5.74) is 1.04. The summed E-state index contributed by atoms with van der Waals surface area (Å²) in [5, 5.41) is 4.46. The summed E-state index contributed by atoms with van der Waals surface area (Å²) in [6.45, 7) is 2.69. The number of nitrogens with zero attached hydrogens (tertiary/aromatic N) is 3. The van der Waals surface area contributed by atoms with Gasteiger partial charge >= 0.3 is 0 Å². The molecule has 0 aliphatic carbocycles. The summed E-state index contributed by atoms with van der Waals surface area (Å²) in [6, 6.07) is 8.35. The van der Waals surface area contributed by atoms with Crippen LogP contribution in [0.1, 0.15) is 13.0 Å². The molecule has 1 aromatic heterocycles. The molecule has 0 saturated heterocycles. The van der Waals surface area contributed by atoms with Crippen molar-refractivity contribution in [3.63, 3.8) is 0 Å². The quantitative estimate of drug-likeness (QED) is 0.802. The van der Waals surface area contributed by atoms with Crippen LogP contribution in [0, 0.1) is 3.57 Å². The van der Waals surface area contributed by atoms with Crippen molar-refractivity contribution in [3.05, 3.63) is 34.2 Å². The molecule has 2 aromatic rings. The van der Waals surface area contributed by atoms with E-state index in [-0.39, 0.29) is 6.04 Å². The van der Waals surface area contributed by atoms with Gasteiger partial charge in [-0.3, -0.25) is 0 Å². The number of hydrogen-bond acceptors (Lipinski definition) is 3. The maximum Gasteiger partial charge on any atom is 0.181 e. The molecule has 0 fully saturated rings. The van der Waals surface area contributed by atoms with Crippen LogP contribution in [0.3, 0.4) is 0 Å². The van der Waals surface area contributed by atoms with Crippen LogP contribution in [0.4, 0.5) is 0 Å². The van der Waals surface area contributed by atoms with E-state index in [9.17, 15) is 0 Å². The number of halogens is 1. The number of aromatic nitrogens is 3. The normalized spacial score (nSPS) is 12.6. The van der Waals surface area contributed by atoms with Gasteiger partial charge in [-0.25, -0.2) is 9.67 Å².